The van der Waals surface area contributed by atoms with Crippen LogP contribution in [0.2, 0.25) is 0 Å². The van der Waals surface area contributed by atoms with E-state index in [0.717, 1.165) is 17.4 Å². The molecule has 1 heterocycles. The van der Waals surface area contributed by atoms with Crippen LogP contribution >= 0.6 is 11.3 Å². The molecule has 1 unspecified atom stereocenters. The van der Waals surface area contributed by atoms with Crippen molar-refractivity contribution in [3.05, 3.63) is 57.3 Å². The van der Waals surface area contributed by atoms with Crippen molar-refractivity contribution in [2.75, 3.05) is 0 Å². The van der Waals surface area contributed by atoms with Crippen LogP contribution in [0.25, 0.3) is 0 Å². The summed E-state index contributed by atoms with van der Waals surface area (Å²) in [5.74, 6) is 0. The van der Waals surface area contributed by atoms with Crippen LogP contribution < -0.4 is 0 Å². The van der Waals surface area contributed by atoms with Crippen molar-refractivity contribution >= 4 is 17.6 Å². The van der Waals surface area contributed by atoms with E-state index < -0.39 is 6.10 Å². The van der Waals surface area contributed by atoms with E-state index in [9.17, 15) is 9.90 Å². The van der Waals surface area contributed by atoms with Crippen molar-refractivity contribution in [3.63, 3.8) is 0 Å². The summed E-state index contributed by atoms with van der Waals surface area (Å²) in [5, 5.41) is 12.0. The van der Waals surface area contributed by atoms with Gasteiger partial charge < -0.3 is 5.11 Å². The molecule has 16 heavy (non-hydrogen) atoms. The monoisotopic (exact) mass is 232 g/mol. The molecule has 3 heteroatoms. The normalized spacial score (nSPS) is 12.4. The fourth-order valence-electron chi connectivity index (χ4n) is 1.55. The maximum Gasteiger partial charge on any atom is 0.151 e. The molecule has 0 saturated heterocycles. The maximum atomic E-state index is 10.8. The van der Waals surface area contributed by atoms with Crippen molar-refractivity contribution in [1.82, 2.24) is 0 Å². The molecule has 0 fully saturated rings. The second-order valence-electron chi connectivity index (χ2n) is 3.67. The van der Waals surface area contributed by atoms with E-state index in [1.807, 2.05) is 36.6 Å². The van der Waals surface area contributed by atoms with Crippen molar-refractivity contribution in [2.45, 2.75) is 13.0 Å². The van der Waals surface area contributed by atoms with E-state index in [1.54, 1.807) is 6.07 Å². The first kappa shape index (κ1) is 11.0. The number of aliphatic hydroxyl groups is 1. The smallest absolute Gasteiger partial charge is 0.151 e. The number of carbonyl (C=O) groups excluding carboxylic acids is 1. The van der Waals surface area contributed by atoms with Gasteiger partial charge in [0.1, 0.15) is 6.10 Å². The van der Waals surface area contributed by atoms with Gasteiger partial charge in [-0.25, -0.2) is 0 Å². The molecule has 0 bridgehead atoms. The molecule has 0 aliphatic rings. The SMILES string of the molecule is Cc1ccc(C(O)c2sccc2C=O)cc1. The molecule has 0 spiro atoms. The Labute approximate surface area is 98.2 Å². The molecular formula is C13H12O2S. The number of aldehydes is 1. The minimum absolute atomic E-state index is 0.568. The average Bonchev–Trinajstić information content (AvgIpc) is 2.77. The summed E-state index contributed by atoms with van der Waals surface area (Å²) in [7, 11) is 0. The van der Waals surface area contributed by atoms with Crippen LogP contribution in [0.1, 0.15) is 32.5 Å². The maximum absolute atomic E-state index is 10.8. The number of benzene rings is 1. The molecule has 82 valence electrons. The van der Waals surface area contributed by atoms with Gasteiger partial charge in [0.2, 0.25) is 0 Å². The summed E-state index contributed by atoms with van der Waals surface area (Å²) < 4.78 is 0. The molecule has 0 saturated carbocycles. The van der Waals surface area contributed by atoms with Gasteiger partial charge >= 0.3 is 0 Å². The van der Waals surface area contributed by atoms with Crippen LogP contribution in [0.15, 0.2) is 35.7 Å². The molecule has 0 aliphatic heterocycles. The minimum atomic E-state index is -0.708. The predicted octanol–water partition coefficient (Wildman–Crippen LogP) is 2.95. The van der Waals surface area contributed by atoms with Crippen LogP contribution in [0.4, 0.5) is 0 Å². The molecule has 2 aromatic rings. The van der Waals surface area contributed by atoms with E-state index in [1.165, 1.54) is 11.3 Å². The van der Waals surface area contributed by atoms with Crippen molar-refractivity contribution in [1.29, 1.82) is 0 Å². The lowest BCUT2D eigenvalue weighted by atomic mass is 10.0. The molecule has 1 aromatic carbocycles. The third-order valence-electron chi connectivity index (χ3n) is 2.50. The standard InChI is InChI=1S/C13H12O2S/c1-9-2-4-10(5-3-9)12(15)13-11(8-14)6-7-16-13/h2-8,12,15H,1H3. The first-order valence-corrected chi connectivity index (χ1v) is 5.87. The Kier molecular flexibility index (Phi) is 3.17. The molecular weight excluding hydrogens is 220 g/mol. The average molecular weight is 232 g/mol. The summed E-state index contributed by atoms with van der Waals surface area (Å²) in [6.07, 6.45) is 0.0734. The van der Waals surface area contributed by atoms with Gasteiger partial charge in [-0.1, -0.05) is 29.8 Å². The molecule has 2 nitrogen and oxygen atoms in total. The Bertz CT molecular complexity index is 485. The molecule has 0 aliphatic carbocycles. The summed E-state index contributed by atoms with van der Waals surface area (Å²) in [4.78, 5) is 11.5. The van der Waals surface area contributed by atoms with Gasteiger partial charge in [0.05, 0.1) is 0 Å². The third kappa shape index (κ3) is 2.05. The third-order valence-corrected chi connectivity index (χ3v) is 3.48. The van der Waals surface area contributed by atoms with Crippen molar-refractivity contribution in [2.24, 2.45) is 0 Å². The number of carbonyl (C=O) groups is 1. The van der Waals surface area contributed by atoms with E-state index in [0.29, 0.717) is 10.4 Å². The Morgan fingerprint density at radius 2 is 1.94 bits per heavy atom. The second-order valence-corrected chi connectivity index (χ2v) is 4.62. The van der Waals surface area contributed by atoms with Crippen LogP contribution in [-0.2, 0) is 0 Å². The lowest BCUT2D eigenvalue weighted by molar-refractivity contribution is 0.111. The minimum Gasteiger partial charge on any atom is -0.383 e. The van der Waals surface area contributed by atoms with E-state index in [4.69, 9.17) is 0 Å². The largest absolute Gasteiger partial charge is 0.383 e. The predicted molar refractivity (Wildman–Crippen MR) is 64.9 cm³/mol. The Morgan fingerprint density at radius 3 is 2.56 bits per heavy atom. The number of thiophene rings is 1. The van der Waals surface area contributed by atoms with Crippen molar-refractivity contribution < 1.29 is 9.90 Å². The van der Waals surface area contributed by atoms with Gasteiger partial charge in [0.15, 0.2) is 6.29 Å². The molecule has 1 aromatic heterocycles. The van der Waals surface area contributed by atoms with E-state index in [-0.39, 0.29) is 0 Å². The zero-order chi connectivity index (χ0) is 11.5. The molecule has 1 atom stereocenters. The number of hydrogen-bond acceptors (Lipinski definition) is 3. The number of rotatable bonds is 3. The van der Waals surface area contributed by atoms with Gasteiger partial charge in [-0.15, -0.1) is 11.3 Å². The zero-order valence-electron chi connectivity index (χ0n) is 8.88. The van der Waals surface area contributed by atoms with Gasteiger partial charge in [-0.2, -0.15) is 0 Å². The fourth-order valence-corrected chi connectivity index (χ4v) is 2.43. The van der Waals surface area contributed by atoms with Crippen LogP contribution in [0.3, 0.4) is 0 Å². The molecule has 0 radical (unpaired) electrons. The summed E-state index contributed by atoms with van der Waals surface area (Å²) >= 11 is 1.40. The highest BCUT2D eigenvalue weighted by molar-refractivity contribution is 7.10. The molecule has 0 amide bonds. The topological polar surface area (TPSA) is 37.3 Å². The number of aryl methyl sites for hydroxylation is 1. The number of aliphatic hydroxyl groups excluding tert-OH is 1. The fraction of sp³-hybridized carbons (Fsp3) is 0.154. The van der Waals surface area contributed by atoms with Gasteiger partial charge in [-0.05, 0) is 23.9 Å². The first-order chi connectivity index (χ1) is 7.72. The summed E-state index contributed by atoms with van der Waals surface area (Å²) in [5.41, 5.74) is 2.53. The second kappa shape index (κ2) is 4.60. The van der Waals surface area contributed by atoms with E-state index in [2.05, 4.69) is 0 Å². The highest BCUT2D eigenvalue weighted by Gasteiger charge is 2.15. The molecule has 1 N–H and O–H groups in total. The molecule has 2 rings (SSSR count). The quantitative estimate of drug-likeness (QED) is 0.826. The van der Waals surface area contributed by atoms with Crippen LogP contribution in [0, 0.1) is 6.92 Å². The lowest BCUT2D eigenvalue weighted by Gasteiger charge is -2.10. The highest BCUT2D eigenvalue weighted by Crippen LogP contribution is 2.28. The summed E-state index contributed by atoms with van der Waals surface area (Å²) in [6.45, 7) is 2.00. The van der Waals surface area contributed by atoms with Crippen LogP contribution in [-0.4, -0.2) is 11.4 Å². The van der Waals surface area contributed by atoms with E-state index >= 15 is 0 Å². The van der Waals surface area contributed by atoms with Gasteiger partial charge in [-0.3, -0.25) is 4.79 Å². The van der Waals surface area contributed by atoms with Crippen molar-refractivity contribution in [3.8, 4) is 0 Å². The van der Waals surface area contributed by atoms with Crippen LogP contribution in [0.5, 0.6) is 0 Å². The lowest BCUT2D eigenvalue weighted by Crippen LogP contribution is -1.99. The van der Waals surface area contributed by atoms with Gasteiger partial charge in [0.25, 0.3) is 0 Å². The Morgan fingerprint density at radius 1 is 1.25 bits per heavy atom. The Hall–Kier alpha value is -1.45. The highest BCUT2D eigenvalue weighted by atomic mass is 32.1. The number of hydrogen-bond donors (Lipinski definition) is 1. The zero-order valence-corrected chi connectivity index (χ0v) is 9.70. The summed E-state index contributed by atoms with van der Waals surface area (Å²) in [6, 6.07) is 9.40. The van der Waals surface area contributed by atoms with Gasteiger partial charge in [0, 0.05) is 10.4 Å². The first-order valence-electron chi connectivity index (χ1n) is 4.99. The Balaban J connectivity index is 2.35.